The summed E-state index contributed by atoms with van der Waals surface area (Å²) in [5.41, 5.74) is 0. The van der Waals surface area contributed by atoms with E-state index in [1.54, 1.807) is 22.3 Å². The van der Waals surface area contributed by atoms with Crippen molar-refractivity contribution in [3.05, 3.63) is 35.0 Å². The number of carbonyl (C=O) groups excluding carboxylic acids is 1. The lowest BCUT2D eigenvalue weighted by atomic mass is 9.97. The first-order chi connectivity index (χ1) is 11.7. The maximum Gasteiger partial charge on any atom is 0.221 e. The molecule has 0 unspecified atom stereocenters. The molecular formula is C17H25N5OS. The van der Waals surface area contributed by atoms with E-state index in [9.17, 15) is 4.79 Å². The summed E-state index contributed by atoms with van der Waals surface area (Å²) in [6.45, 7) is 5.78. The third kappa shape index (κ3) is 4.64. The van der Waals surface area contributed by atoms with Crippen LogP contribution in [0.4, 0.5) is 0 Å². The summed E-state index contributed by atoms with van der Waals surface area (Å²) in [6.07, 6.45) is 6.03. The molecule has 0 aliphatic carbocycles. The van der Waals surface area contributed by atoms with Crippen molar-refractivity contribution < 1.29 is 4.79 Å². The standard InChI is InChI=1S/C17H25N5OS/c1-14-4-7-21(8-5-14)15(16-3-2-10-24-16)11-19-17(23)6-9-22-13-18-12-20-22/h2-3,10,12-15H,4-9,11H2,1H3,(H,19,23)/t15-/m0/s1. The molecule has 24 heavy (non-hydrogen) atoms. The Hall–Kier alpha value is -1.73. The van der Waals surface area contributed by atoms with Crippen LogP contribution in [0.25, 0.3) is 0 Å². The van der Waals surface area contributed by atoms with Gasteiger partial charge in [-0.05, 0) is 43.3 Å². The minimum Gasteiger partial charge on any atom is -0.354 e. The number of nitrogens with one attached hydrogen (secondary N) is 1. The number of likely N-dealkylation sites (tertiary alicyclic amines) is 1. The van der Waals surface area contributed by atoms with Gasteiger partial charge in [0.2, 0.25) is 5.91 Å². The van der Waals surface area contributed by atoms with Gasteiger partial charge in [-0.1, -0.05) is 13.0 Å². The molecule has 1 fully saturated rings. The fourth-order valence-electron chi connectivity index (χ4n) is 3.09. The van der Waals surface area contributed by atoms with Crippen molar-refractivity contribution in [3.8, 4) is 0 Å². The summed E-state index contributed by atoms with van der Waals surface area (Å²) >= 11 is 1.77. The van der Waals surface area contributed by atoms with E-state index in [0.717, 1.165) is 19.0 Å². The monoisotopic (exact) mass is 347 g/mol. The van der Waals surface area contributed by atoms with E-state index in [4.69, 9.17) is 0 Å². The fraction of sp³-hybridized carbons (Fsp3) is 0.588. The Morgan fingerprint density at radius 1 is 1.46 bits per heavy atom. The normalized spacial score (nSPS) is 17.7. The van der Waals surface area contributed by atoms with Crippen LogP contribution < -0.4 is 5.32 Å². The summed E-state index contributed by atoms with van der Waals surface area (Å²) in [7, 11) is 0. The van der Waals surface area contributed by atoms with Crippen molar-refractivity contribution in [2.75, 3.05) is 19.6 Å². The number of piperidine rings is 1. The Labute approximate surface area is 146 Å². The molecule has 7 heteroatoms. The molecule has 0 spiro atoms. The second kappa shape index (κ2) is 8.39. The lowest BCUT2D eigenvalue weighted by Crippen LogP contribution is -2.41. The van der Waals surface area contributed by atoms with Crippen LogP contribution >= 0.6 is 11.3 Å². The van der Waals surface area contributed by atoms with E-state index < -0.39 is 0 Å². The van der Waals surface area contributed by atoms with Gasteiger partial charge in [-0.2, -0.15) is 5.10 Å². The zero-order chi connectivity index (χ0) is 16.8. The first-order valence-electron chi connectivity index (χ1n) is 8.59. The molecule has 1 saturated heterocycles. The number of amides is 1. The van der Waals surface area contributed by atoms with Gasteiger partial charge < -0.3 is 5.32 Å². The third-order valence-electron chi connectivity index (χ3n) is 4.66. The van der Waals surface area contributed by atoms with Crippen molar-refractivity contribution >= 4 is 17.2 Å². The van der Waals surface area contributed by atoms with Crippen molar-refractivity contribution in [2.24, 2.45) is 5.92 Å². The topological polar surface area (TPSA) is 63.1 Å². The van der Waals surface area contributed by atoms with Gasteiger partial charge in [0.1, 0.15) is 12.7 Å². The summed E-state index contributed by atoms with van der Waals surface area (Å²) in [4.78, 5) is 19.9. The molecule has 1 amide bonds. The predicted octanol–water partition coefficient (Wildman–Crippen LogP) is 2.32. The first-order valence-corrected chi connectivity index (χ1v) is 9.47. The molecule has 0 bridgehead atoms. The summed E-state index contributed by atoms with van der Waals surface area (Å²) in [5, 5.41) is 9.24. The molecular weight excluding hydrogens is 322 g/mol. The summed E-state index contributed by atoms with van der Waals surface area (Å²) in [6, 6.07) is 4.55. The maximum absolute atomic E-state index is 12.2. The number of hydrogen-bond acceptors (Lipinski definition) is 5. The molecule has 3 rings (SSSR count). The van der Waals surface area contributed by atoms with Gasteiger partial charge in [0, 0.05) is 17.8 Å². The van der Waals surface area contributed by atoms with Gasteiger partial charge >= 0.3 is 0 Å². The first kappa shape index (κ1) is 17.1. The average Bonchev–Trinajstić information content (AvgIpc) is 3.28. The van der Waals surface area contributed by atoms with E-state index >= 15 is 0 Å². The Kier molecular flexibility index (Phi) is 5.98. The second-order valence-electron chi connectivity index (χ2n) is 6.46. The van der Waals surface area contributed by atoms with Gasteiger partial charge in [-0.3, -0.25) is 14.4 Å². The summed E-state index contributed by atoms with van der Waals surface area (Å²) in [5.74, 6) is 0.875. The van der Waals surface area contributed by atoms with Crippen molar-refractivity contribution in [1.82, 2.24) is 25.0 Å². The number of rotatable bonds is 7. The Bertz CT molecular complexity index is 605. The average molecular weight is 347 g/mol. The molecule has 0 aromatic carbocycles. The molecule has 6 nitrogen and oxygen atoms in total. The van der Waals surface area contributed by atoms with Gasteiger partial charge in [0.25, 0.3) is 0 Å². The van der Waals surface area contributed by atoms with Crippen LogP contribution in [0.1, 0.15) is 37.1 Å². The minimum atomic E-state index is 0.0671. The number of aromatic nitrogens is 3. The molecule has 130 valence electrons. The van der Waals surface area contributed by atoms with E-state index in [-0.39, 0.29) is 11.9 Å². The van der Waals surface area contributed by atoms with E-state index in [0.29, 0.717) is 19.5 Å². The predicted molar refractivity (Wildman–Crippen MR) is 94.7 cm³/mol. The van der Waals surface area contributed by atoms with Crippen LogP contribution in [0, 0.1) is 5.92 Å². The lowest BCUT2D eigenvalue weighted by molar-refractivity contribution is -0.121. The largest absolute Gasteiger partial charge is 0.354 e. The highest BCUT2D eigenvalue weighted by atomic mass is 32.1. The van der Waals surface area contributed by atoms with Crippen LogP contribution in [0.5, 0.6) is 0 Å². The molecule has 1 N–H and O–H groups in total. The molecule has 1 atom stereocenters. The summed E-state index contributed by atoms with van der Waals surface area (Å²) < 4.78 is 1.68. The number of nitrogens with zero attached hydrogens (tertiary/aromatic N) is 4. The molecule has 0 radical (unpaired) electrons. The quantitative estimate of drug-likeness (QED) is 0.835. The highest BCUT2D eigenvalue weighted by Crippen LogP contribution is 2.29. The van der Waals surface area contributed by atoms with Crippen LogP contribution in [0.15, 0.2) is 30.2 Å². The van der Waals surface area contributed by atoms with E-state index in [1.807, 2.05) is 0 Å². The van der Waals surface area contributed by atoms with Crippen LogP contribution in [0.2, 0.25) is 0 Å². The maximum atomic E-state index is 12.2. The van der Waals surface area contributed by atoms with Crippen LogP contribution in [-0.2, 0) is 11.3 Å². The SMILES string of the molecule is CC1CCN([C@@H](CNC(=O)CCn2cncn2)c2cccs2)CC1. The Balaban J connectivity index is 1.53. The number of aryl methyl sites for hydroxylation is 1. The van der Waals surface area contributed by atoms with Crippen molar-refractivity contribution in [2.45, 2.75) is 38.8 Å². The van der Waals surface area contributed by atoms with E-state index in [2.05, 4.69) is 44.7 Å². The van der Waals surface area contributed by atoms with Gasteiger partial charge in [0.05, 0.1) is 12.6 Å². The molecule has 1 aliphatic heterocycles. The Morgan fingerprint density at radius 3 is 2.96 bits per heavy atom. The number of hydrogen-bond donors (Lipinski definition) is 1. The molecule has 0 saturated carbocycles. The molecule has 3 heterocycles. The molecule has 2 aromatic heterocycles. The molecule has 1 aliphatic rings. The van der Waals surface area contributed by atoms with Crippen LogP contribution in [0.3, 0.4) is 0 Å². The highest BCUT2D eigenvalue weighted by molar-refractivity contribution is 7.10. The van der Waals surface area contributed by atoms with Gasteiger partial charge in [0.15, 0.2) is 0 Å². The number of thiophene rings is 1. The van der Waals surface area contributed by atoms with E-state index in [1.165, 1.54) is 24.0 Å². The zero-order valence-corrected chi connectivity index (χ0v) is 14.9. The third-order valence-corrected chi connectivity index (χ3v) is 5.63. The van der Waals surface area contributed by atoms with Gasteiger partial charge in [-0.15, -0.1) is 11.3 Å². The zero-order valence-electron chi connectivity index (χ0n) is 14.1. The van der Waals surface area contributed by atoms with Crippen molar-refractivity contribution in [3.63, 3.8) is 0 Å². The number of carbonyl (C=O) groups is 1. The highest BCUT2D eigenvalue weighted by Gasteiger charge is 2.25. The minimum absolute atomic E-state index is 0.0671. The smallest absolute Gasteiger partial charge is 0.221 e. The fourth-order valence-corrected chi connectivity index (χ4v) is 3.95. The van der Waals surface area contributed by atoms with Gasteiger partial charge in [-0.25, -0.2) is 4.98 Å². The lowest BCUT2D eigenvalue weighted by Gasteiger charge is -2.36. The molecule has 2 aromatic rings. The Morgan fingerprint density at radius 2 is 2.29 bits per heavy atom. The second-order valence-corrected chi connectivity index (χ2v) is 7.44. The van der Waals surface area contributed by atoms with Crippen molar-refractivity contribution in [1.29, 1.82) is 0 Å². The van der Waals surface area contributed by atoms with Crippen LogP contribution in [-0.4, -0.2) is 45.2 Å².